The lowest BCUT2D eigenvalue weighted by Crippen LogP contribution is -2.30. The molecule has 0 aliphatic rings. The minimum Gasteiger partial charge on any atom is -0.337 e. The van der Waals surface area contributed by atoms with E-state index in [1.165, 1.54) is 11.1 Å². The third kappa shape index (κ3) is 3.06. The fraction of sp³-hybridized carbons (Fsp3) is 0.167. The highest BCUT2D eigenvalue weighted by atomic mass is 16.5. The van der Waals surface area contributed by atoms with Crippen LogP contribution in [-0.4, -0.2) is 10.4 Å². The smallest absolute Gasteiger partial charge is 0.191 e. The lowest BCUT2D eigenvalue weighted by atomic mass is 9.68. The van der Waals surface area contributed by atoms with Gasteiger partial charge in [-0.05, 0) is 17.5 Å². The molecule has 0 aliphatic heterocycles. The fourth-order valence-corrected chi connectivity index (χ4v) is 3.92. The number of rotatable bonds is 6. The van der Waals surface area contributed by atoms with E-state index in [9.17, 15) is 0 Å². The zero-order valence-electron chi connectivity index (χ0n) is 15.4. The van der Waals surface area contributed by atoms with Crippen LogP contribution in [-0.2, 0) is 5.41 Å². The highest BCUT2D eigenvalue weighted by molar-refractivity contribution is 5.64. The van der Waals surface area contributed by atoms with Gasteiger partial charge in [-0.3, -0.25) is 0 Å². The van der Waals surface area contributed by atoms with E-state index in [1.807, 2.05) is 42.5 Å². The monoisotopic (exact) mass is 354 g/mol. The molecule has 0 atom stereocenters. The van der Waals surface area contributed by atoms with E-state index >= 15 is 0 Å². The Hall–Kier alpha value is -3.20. The van der Waals surface area contributed by atoms with E-state index in [0.717, 1.165) is 29.9 Å². The van der Waals surface area contributed by atoms with Crippen LogP contribution in [0.15, 0.2) is 95.5 Å². The average Bonchev–Trinajstić information content (AvgIpc) is 3.24. The van der Waals surface area contributed by atoms with E-state index in [2.05, 4.69) is 65.8 Å². The van der Waals surface area contributed by atoms with E-state index in [0.29, 0.717) is 0 Å². The number of benzene rings is 3. The Bertz CT molecular complexity index is 939. The van der Waals surface area contributed by atoms with Crippen LogP contribution in [0.4, 0.5) is 0 Å². The Morgan fingerprint density at radius 1 is 0.741 bits per heavy atom. The third-order valence-corrected chi connectivity index (χ3v) is 5.09. The van der Waals surface area contributed by atoms with Crippen molar-refractivity contribution < 1.29 is 4.52 Å². The zero-order chi connectivity index (χ0) is 18.5. The maximum Gasteiger partial charge on any atom is 0.191 e. The van der Waals surface area contributed by atoms with Gasteiger partial charge in [0, 0.05) is 10.8 Å². The van der Waals surface area contributed by atoms with Gasteiger partial charge in [-0.25, -0.2) is 0 Å². The number of nitrogens with zero attached hydrogens (tertiary/aromatic N) is 2. The van der Waals surface area contributed by atoms with Gasteiger partial charge < -0.3 is 4.52 Å². The maximum atomic E-state index is 5.68. The summed E-state index contributed by atoms with van der Waals surface area (Å²) in [6.07, 6.45) is 1.92. The van der Waals surface area contributed by atoms with Crippen LogP contribution in [0.3, 0.4) is 0 Å². The largest absolute Gasteiger partial charge is 0.337 e. The quantitative estimate of drug-likeness (QED) is 0.434. The van der Waals surface area contributed by atoms with Crippen molar-refractivity contribution in [3.63, 3.8) is 0 Å². The summed E-state index contributed by atoms with van der Waals surface area (Å²) in [4.78, 5) is 0. The van der Waals surface area contributed by atoms with Crippen LogP contribution >= 0.6 is 0 Å². The van der Waals surface area contributed by atoms with Crippen LogP contribution in [0.2, 0.25) is 0 Å². The molecule has 3 heteroatoms. The minimum absolute atomic E-state index is 0.414. The van der Waals surface area contributed by atoms with Crippen molar-refractivity contribution in [2.45, 2.75) is 25.2 Å². The summed E-state index contributed by atoms with van der Waals surface area (Å²) in [5.74, 6) is 0.733. The SMILES string of the molecule is CCCC(c1ccccc1)(c1ccccc1)c1nnoc1-c1ccccc1. The molecule has 134 valence electrons. The van der Waals surface area contributed by atoms with Crippen LogP contribution in [0.1, 0.15) is 36.6 Å². The van der Waals surface area contributed by atoms with Gasteiger partial charge in [0.1, 0.15) is 5.69 Å². The molecule has 1 heterocycles. The van der Waals surface area contributed by atoms with Gasteiger partial charge in [0.15, 0.2) is 5.76 Å². The van der Waals surface area contributed by atoms with Crippen molar-refractivity contribution in [3.05, 3.63) is 108 Å². The molecule has 4 aromatic rings. The van der Waals surface area contributed by atoms with E-state index in [1.54, 1.807) is 0 Å². The molecule has 0 unspecified atom stereocenters. The second-order valence-electron chi connectivity index (χ2n) is 6.70. The van der Waals surface area contributed by atoms with Crippen molar-refractivity contribution in [1.29, 1.82) is 0 Å². The topological polar surface area (TPSA) is 38.9 Å². The second-order valence-corrected chi connectivity index (χ2v) is 6.70. The number of hydrogen-bond donors (Lipinski definition) is 0. The van der Waals surface area contributed by atoms with Crippen LogP contribution in [0.5, 0.6) is 0 Å². The summed E-state index contributed by atoms with van der Waals surface area (Å²) in [6.45, 7) is 2.20. The lowest BCUT2D eigenvalue weighted by Gasteiger charge is -2.33. The normalized spacial score (nSPS) is 11.4. The third-order valence-electron chi connectivity index (χ3n) is 5.09. The van der Waals surface area contributed by atoms with E-state index in [-0.39, 0.29) is 0 Å². The molecule has 0 aliphatic carbocycles. The summed E-state index contributed by atoms with van der Waals surface area (Å²) >= 11 is 0. The van der Waals surface area contributed by atoms with Crippen molar-refractivity contribution in [2.75, 3.05) is 0 Å². The molecule has 0 amide bonds. The lowest BCUT2D eigenvalue weighted by molar-refractivity contribution is 0.403. The molecule has 3 nitrogen and oxygen atoms in total. The van der Waals surface area contributed by atoms with Crippen LogP contribution < -0.4 is 0 Å². The molecular weight excluding hydrogens is 332 g/mol. The molecule has 3 aromatic carbocycles. The van der Waals surface area contributed by atoms with Gasteiger partial charge >= 0.3 is 0 Å². The Labute approximate surface area is 159 Å². The summed E-state index contributed by atoms with van der Waals surface area (Å²) in [7, 11) is 0. The summed E-state index contributed by atoms with van der Waals surface area (Å²) in [6, 6.07) is 31.2. The first-order valence-corrected chi connectivity index (χ1v) is 9.35. The molecule has 1 aromatic heterocycles. The van der Waals surface area contributed by atoms with Crippen molar-refractivity contribution in [1.82, 2.24) is 10.4 Å². The van der Waals surface area contributed by atoms with Crippen LogP contribution in [0, 0.1) is 0 Å². The van der Waals surface area contributed by atoms with E-state index in [4.69, 9.17) is 4.52 Å². The predicted molar refractivity (Wildman–Crippen MR) is 107 cm³/mol. The van der Waals surface area contributed by atoms with Gasteiger partial charge in [-0.2, -0.15) is 0 Å². The molecule has 0 saturated heterocycles. The van der Waals surface area contributed by atoms with Gasteiger partial charge in [0.25, 0.3) is 0 Å². The van der Waals surface area contributed by atoms with Gasteiger partial charge in [-0.15, -0.1) is 5.10 Å². The number of aromatic nitrogens is 2. The maximum absolute atomic E-state index is 5.68. The van der Waals surface area contributed by atoms with Crippen molar-refractivity contribution in [2.24, 2.45) is 0 Å². The van der Waals surface area contributed by atoms with Gasteiger partial charge in [-0.1, -0.05) is 104 Å². The Morgan fingerprint density at radius 2 is 1.26 bits per heavy atom. The molecule has 0 fully saturated rings. The molecule has 4 rings (SSSR count). The predicted octanol–water partition coefficient (Wildman–Crippen LogP) is 5.87. The highest BCUT2D eigenvalue weighted by Crippen LogP contribution is 2.45. The Balaban J connectivity index is 2.02. The molecule has 0 N–H and O–H groups in total. The van der Waals surface area contributed by atoms with Crippen molar-refractivity contribution in [3.8, 4) is 11.3 Å². The average molecular weight is 354 g/mol. The molecular formula is C24H22N2O. The summed E-state index contributed by atoms with van der Waals surface area (Å²) < 4.78 is 5.68. The Morgan fingerprint density at radius 3 is 1.78 bits per heavy atom. The second kappa shape index (κ2) is 7.58. The molecule has 0 saturated carbocycles. The molecule has 27 heavy (non-hydrogen) atoms. The van der Waals surface area contributed by atoms with E-state index < -0.39 is 5.41 Å². The zero-order valence-corrected chi connectivity index (χ0v) is 15.4. The molecule has 0 spiro atoms. The number of hydrogen-bond acceptors (Lipinski definition) is 3. The van der Waals surface area contributed by atoms with Crippen LogP contribution in [0.25, 0.3) is 11.3 Å². The fourth-order valence-electron chi connectivity index (χ4n) is 3.92. The van der Waals surface area contributed by atoms with Gasteiger partial charge in [0.05, 0.1) is 5.41 Å². The first kappa shape index (κ1) is 17.2. The first-order valence-electron chi connectivity index (χ1n) is 9.35. The van der Waals surface area contributed by atoms with Gasteiger partial charge in [0.2, 0.25) is 0 Å². The first-order chi connectivity index (χ1) is 13.4. The van der Waals surface area contributed by atoms with Crippen molar-refractivity contribution >= 4 is 0 Å². The standard InChI is InChI=1S/C24H22N2O/c1-2-18-24(20-14-8-4-9-15-20,21-16-10-5-11-17-21)23-22(27-26-25-23)19-12-6-3-7-13-19/h3-17H,2,18H2,1H3. The summed E-state index contributed by atoms with van der Waals surface area (Å²) in [5.41, 5.74) is 3.84. The summed E-state index contributed by atoms with van der Waals surface area (Å²) in [5, 5.41) is 8.49. The molecule has 0 bridgehead atoms. The molecule has 0 radical (unpaired) electrons. The highest BCUT2D eigenvalue weighted by Gasteiger charge is 2.41. The Kier molecular flexibility index (Phi) is 4.84. The minimum atomic E-state index is -0.414.